The Morgan fingerprint density at radius 3 is 1.78 bits per heavy atom. The molecule has 0 radical (unpaired) electrons. The first-order valence-corrected chi connectivity index (χ1v) is 12.3. The molecule has 0 amide bonds. The zero-order chi connectivity index (χ0) is 23.4. The van der Waals surface area contributed by atoms with Crippen LogP contribution >= 0.6 is 37.2 Å². The maximum atomic E-state index is 5.25. The van der Waals surface area contributed by atoms with Crippen LogP contribution in [-0.2, 0) is 5.54 Å². The van der Waals surface area contributed by atoms with Gasteiger partial charge in [-0.05, 0) is 31.4 Å². The second kappa shape index (κ2) is 14.0. The molecule has 0 spiro atoms. The fourth-order valence-electron chi connectivity index (χ4n) is 5.45. The van der Waals surface area contributed by atoms with Gasteiger partial charge in [0, 0.05) is 43.4 Å². The number of H-pyrrole nitrogens is 1. The molecule has 0 saturated carbocycles. The third-order valence-electron chi connectivity index (χ3n) is 7.26. The van der Waals surface area contributed by atoms with E-state index < -0.39 is 0 Å². The second-order valence-electron chi connectivity index (χ2n) is 9.51. The average molecular weight is 560 g/mol. The number of nitrogens with zero attached hydrogens (tertiary/aromatic N) is 2. The predicted molar refractivity (Wildman–Crippen MR) is 162 cm³/mol. The van der Waals surface area contributed by atoms with Crippen LogP contribution in [0.1, 0.15) is 41.8 Å². The van der Waals surface area contributed by atoms with E-state index in [2.05, 4.69) is 120 Å². The van der Waals surface area contributed by atoms with Gasteiger partial charge in [0.05, 0.1) is 11.2 Å². The Balaban J connectivity index is 0.00000160. The molecule has 4 aromatic rings. The Morgan fingerprint density at radius 2 is 1.27 bits per heavy atom. The highest BCUT2D eigenvalue weighted by Gasteiger charge is 2.40. The van der Waals surface area contributed by atoms with Crippen molar-refractivity contribution in [3.8, 4) is 11.4 Å². The first-order chi connectivity index (χ1) is 16.6. The molecule has 2 N–H and O–H groups in total. The number of halogens is 3. The number of piperazine rings is 1. The summed E-state index contributed by atoms with van der Waals surface area (Å²) >= 11 is 0. The molecule has 1 aromatic heterocycles. The first kappa shape index (κ1) is 30.9. The minimum atomic E-state index is -0.216. The van der Waals surface area contributed by atoms with E-state index in [0.29, 0.717) is 0 Å². The summed E-state index contributed by atoms with van der Waals surface area (Å²) in [7, 11) is 0. The number of hydrogen-bond donors (Lipinski definition) is 2. The van der Waals surface area contributed by atoms with Crippen molar-refractivity contribution in [3.63, 3.8) is 0 Å². The molecule has 1 unspecified atom stereocenters. The van der Waals surface area contributed by atoms with Gasteiger partial charge in [-0.1, -0.05) is 91.0 Å². The molecule has 3 aromatic carbocycles. The van der Waals surface area contributed by atoms with E-state index in [9.17, 15) is 0 Å². The van der Waals surface area contributed by atoms with Gasteiger partial charge in [-0.3, -0.25) is 4.90 Å². The van der Waals surface area contributed by atoms with Crippen LogP contribution in [0.25, 0.3) is 11.4 Å². The Labute approximate surface area is 239 Å². The Kier molecular flexibility index (Phi) is 11.7. The smallest absolute Gasteiger partial charge is 0.137 e. The van der Waals surface area contributed by atoms with Gasteiger partial charge in [-0.25, -0.2) is 4.98 Å². The van der Waals surface area contributed by atoms with Crippen molar-refractivity contribution in [3.05, 3.63) is 114 Å². The molecule has 1 aliphatic rings. The molecule has 1 aliphatic heterocycles. The van der Waals surface area contributed by atoms with Crippen LogP contribution in [0.5, 0.6) is 0 Å². The van der Waals surface area contributed by atoms with E-state index >= 15 is 0 Å². The number of aromatic nitrogens is 2. The minimum absolute atomic E-state index is 0. The standard InChI is InChI=1S/C30H34N4.3ClH/c1-23-28(33-29(32-23)26-16-10-5-11-17-26)30(2,34-20-18-31-19-21-34)22-27(24-12-6-3-7-13-24)25-14-8-4-9-15-25;;;/h3-17,27,31H,18-22H2,1-2H3,(H,32,33);3*1H. The van der Waals surface area contributed by atoms with Gasteiger partial charge in [0.25, 0.3) is 0 Å². The Hall–Kier alpha value is -2.34. The molecule has 4 nitrogen and oxygen atoms in total. The summed E-state index contributed by atoms with van der Waals surface area (Å²) in [4.78, 5) is 11.5. The third kappa shape index (κ3) is 6.76. The second-order valence-corrected chi connectivity index (χ2v) is 9.51. The molecular formula is C30H37Cl3N4. The molecule has 7 heteroatoms. The van der Waals surface area contributed by atoms with Crippen LogP contribution in [0.2, 0.25) is 0 Å². The predicted octanol–water partition coefficient (Wildman–Crippen LogP) is 6.99. The molecular weight excluding hydrogens is 523 g/mol. The quantitative estimate of drug-likeness (QED) is 0.256. The zero-order valence-corrected chi connectivity index (χ0v) is 23.8. The summed E-state index contributed by atoms with van der Waals surface area (Å²) in [6, 6.07) is 32.3. The van der Waals surface area contributed by atoms with Crippen molar-refractivity contribution >= 4 is 37.2 Å². The van der Waals surface area contributed by atoms with Gasteiger partial charge in [-0.2, -0.15) is 0 Å². The number of hydrogen-bond acceptors (Lipinski definition) is 3. The maximum Gasteiger partial charge on any atom is 0.137 e. The molecule has 5 rings (SSSR count). The lowest BCUT2D eigenvalue weighted by Crippen LogP contribution is -2.54. The number of nitrogens with one attached hydrogen (secondary N) is 2. The van der Waals surface area contributed by atoms with Crippen molar-refractivity contribution in [1.29, 1.82) is 0 Å². The number of aromatic amines is 1. The van der Waals surface area contributed by atoms with Gasteiger partial charge >= 0.3 is 0 Å². The summed E-state index contributed by atoms with van der Waals surface area (Å²) in [6.07, 6.45) is 0.959. The third-order valence-corrected chi connectivity index (χ3v) is 7.26. The van der Waals surface area contributed by atoms with Crippen LogP contribution in [0, 0.1) is 6.92 Å². The van der Waals surface area contributed by atoms with Gasteiger partial charge in [-0.15, -0.1) is 37.2 Å². The molecule has 1 saturated heterocycles. The van der Waals surface area contributed by atoms with E-state index in [1.54, 1.807) is 0 Å². The fourth-order valence-corrected chi connectivity index (χ4v) is 5.45. The number of benzene rings is 3. The van der Waals surface area contributed by atoms with Gasteiger partial charge in [0.15, 0.2) is 0 Å². The summed E-state index contributed by atoms with van der Waals surface area (Å²) < 4.78 is 0. The lowest BCUT2D eigenvalue weighted by Gasteiger charge is -2.45. The molecule has 1 atom stereocenters. The van der Waals surface area contributed by atoms with E-state index in [4.69, 9.17) is 4.98 Å². The highest BCUT2D eigenvalue weighted by molar-refractivity contribution is 5.86. The molecule has 37 heavy (non-hydrogen) atoms. The van der Waals surface area contributed by atoms with Crippen molar-refractivity contribution in [1.82, 2.24) is 20.2 Å². The largest absolute Gasteiger partial charge is 0.342 e. The summed E-state index contributed by atoms with van der Waals surface area (Å²) in [5.74, 6) is 1.23. The van der Waals surface area contributed by atoms with Crippen molar-refractivity contribution in [2.75, 3.05) is 26.2 Å². The van der Waals surface area contributed by atoms with E-state index in [1.165, 1.54) is 11.1 Å². The molecule has 198 valence electrons. The number of imidazole rings is 1. The lowest BCUT2D eigenvalue weighted by molar-refractivity contribution is 0.0704. The molecule has 2 heterocycles. The number of rotatable bonds is 7. The zero-order valence-electron chi connectivity index (χ0n) is 21.4. The Bertz CT molecular complexity index is 1160. The average Bonchev–Trinajstić information content (AvgIpc) is 3.31. The van der Waals surface area contributed by atoms with Crippen LogP contribution in [0.4, 0.5) is 0 Å². The van der Waals surface area contributed by atoms with E-state index in [-0.39, 0.29) is 48.7 Å². The van der Waals surface area contributed by atoms with E-state index in [0.717, 1.165) is 55.4 Å². The molecule has 0 aliphatic carbocycles. The van der Waals surface area contributed by atoms with Gasteiger partial charge in [0.1, 0.15) is 5.82 Å². The Morgan fingerprint density at radius 1 is 0.784 bits per heavy atom. The topological polar surface area (TPSA) is 44.0 Å². The van der Waals surface area contributed by atoms with Gasteiger partial charge < -0.3 is 10.3 Å². The monoisotopic (exact) mass is 558 g/mol. The van der Waals surface area contributed by atoms with Crippen LogP contribution in [-0.4, -0.2) is 41.0 Å². The SMILES string of the molecule is Cc1[nH]c(-c2ccccc2)nc1C(C)(CC(c1ccccc1)c1ccccc1)N1CCNCC1.Cl.Cl.Cl. The molecule has 1 fully saturated rings. The maximum absolute atomic E-state index is 5.25. The van der Waals surface area contributed by atoms with Crippen LogP contribution in [0.3, 0.4) is 0 Å². The van der Waals surface area contributed by atoms with Crippen LogP contribution < -0.4 is 5.32 Å². The van der Waals surface area contributed by atoms with Crippen molar-refractivity contribution < 1.29 is 0 Å². The van der Waals surface area contributed by atoms with Crippen molar-refractivity contribution in [2.45, 2.75) is 31.7 Å². The van der Waals surface area contributed by atoms with Crippen molar-refractivity contribution in [2.24, 2.45) is 0 Å². The van der Waals surface area contributed by atoms with E-state index in [1.807, 2.05) is 0 Å². The summed E-state index contributed by atoms with van der Waals surface area (Å²) in [5, 5.41) is 3.53. The van der Waals surface area contributed by atoms with Gasteiger partial charge in [0.2, 0.25) is 0 Å². The highest BCUT2D eigenvalue weighted by Crippen LogP contribution is 2.42. The summed E-state index contributed by atoms with van der Waals surface area (Å²) in [5.41, 5.74) is 5.93. The normalized spacial score (nSPS) is 15.1. The first-order valence-electron chi connectivity index (χ1n) is 12.3. The summed E-state index contributed by atoms with van der Waals surface area (Å²) in [6.45, 7) is 8.61. The lowest BCUT2D eigenvalue weighted by atomic mass is 9.77. The molecule has 0 bridgehead atoms. The fraction of sp³-hybridized carbons (Fsp3) is 0.300. The number of aryl methyl sites for hydroxylation is 1. The highest BCUT2D eigenvalue weighted by atomic mass is 35.5. The van der Waals surface area contributed by atoms with Crippen LogP contribution in [0.15, 0.2) is 91.0 Å². The minimum Gasteiger partial charge on any atom is -0.342 e.